The smallest absolute Gasteiger partial charge is 0.353 e. The fourth-order valence-electron chi connectivity index (χ4n) is 3.60. The maximum atomic E-state index is 11.8. The lowest BCUT2D eigenvalue weighted by atomic mass is 10.2. The molecule has 0 atom stereocenters. The molecule has 0 aromatic carbocycles. The molecule has 2 aromatic rings. The first kappa shape index (κ1) is 16.5. The quantitative estimate of drug-likeness (QED) is 0.605. The Morgan fingerprint density at radius 2 is 1.46 bits per heavy atom. The zero-order chi connectivity index (χ0) is 17.9. The minimum absolute atomic E-state index is 0.0284. The number of aromatic nitrogens is 3. The van der Waals surface area contributed by atoms with E-state index in [4.69, 9.17) is 0 Å². The van der Waals surface area contributed by atoms with Crippen LogP contribution in [0.3, 0.4) is 0 Å². The number of nitro groups is 1. The number of nitrogens with zero attached hydrogens (tertiary/aromatic N) is 7. The highest BCUT2D eigenvalue weighted by atomic mass is 16.6. The van der Waals surface area contributed by atoms with E-state index in [2.05, 4.69) is 19.9 Å². The highest BCUT2D eigenvalue weighted by molar-refractivity contribution is 5.71. The summed E-state index contributed by atoms with van der Waals surface area (Å²) in [5, 5.41) is 11.8. The third-order valence-corrected chi connectivity index (χ3v) is 4.92. The van der Waals surface area contributed by atoms with Crippen LogP contribution in [-0.4, -0.2) is 59.1 Å². The first-order valence-corrected chi connectivity index (χ1v) is 8.89. The predicted molar refractivity (Wildman–Crippen MR) is 98.8 cm³/mol. The maximum absolute atomic E-state index is 11.8. The van der Waals surface area contributed by atoms with Crippen LogP contribution in [0.4, 0.5) is 23.1 Å². The Morgan fingerprint density at radius 3 is 2.04 bits per heavy atom. The van der Waals surface area contributed by atoms with Gasteiger partial charge in [-0.1, -0.05) is 6.07 Å². The van der Waals surface area contributed by atoms with Crippen molar-refractivity contribution in [2.45, 2.75) is 12.8 Å². The van der Waals surface area contributed by atoms with Crippen LogP contribution >= 0.6 is 0 Å². The Kier molecular flexibility index (Phi) is 4.51. The standard InChI is InChI=1S/C17H21N7O2/c25-24(26)15-16(22-7-3-4-8-22)19-13-20-17(15)23-11-9-21(10-12-23)14-5-1-2-6-18-14/h1-2,5-6,13H,3-4,7-12H2. The van der Waals surface area contributed by atoms with Gasteiger partial charge in [0.05, 0.1) is 4.92 Å². The summed E-state index contributed by atoms with van der Waals surface area (Å²) in [7, 11) is 0. The van der Waals surface area contributed by atoms with E-state index in [1.165, 1.54) is 6.33 Å². The summed E-state index contributed by atoms with van der Waals surface area (Å²) in [6.45, 7) is 4.44. The molecule has 2 fully saturated rings. The fraction of sp³-hybridized carbons (Fsp3) is 0.471. The lowest BCUT2D eigenvalue weighted by Gasteiger charge is -2.35. The van der Waals surface area contributed by atoms with E-state index in [-0.39, 0.29) is 10.6 Å². The van der Waals surface area contributed by atoms with Crippen LogP contribution in [0.1, 0.15) is 12.8 Å². The number of hydrogen-bond acceptors (Lipinski definition) is 8. The van der Waals surface area contributed by atoms with Gasteiger partial charge in [-0.05, 0) is 25.0 Å². The van der Waals surface area contributed by atoms with E-state index < -0.39 is 0 Å². The van der Waals surface area contributed by atoms with Crippen LogP contribution in [-0.2, 0) is 0 Å². The highest BCUT2D eigenvalue weighted by Gasteiger charge is 2.32. The van der Waals surface area contributed by atoms with E-state index in [0.29, 0.717) is 24.7 Å². The molecule has 0 saturated carbocycles. The Morgan fingerprint density at radius 1 is 0.846 bits per heavy atom. The summed E-state index contributed by atoms with van der Waals surface area (Å²) in [5.74, 6) is 1.80. The van der Waals surface area contributed by atoms with E-state index >= 15 is 0 Å². The van der Waals surface area contributed by atoms with E-state index in [9.17, 15) is 10.1 Å². The number of rotatable bonds is 4. The summed E-state index contributed by atoms with van der Waals surface area (Å²) >= 11 is 0. The molecule has 2 aliphatic rings. The van der Waals surface area contributed by atoms with Crippen LogP contribution in [0.5, 0.6) is 0 Å². The largest absolute Gasteiger partial charge is 0.353 e. The molecule has 0 N–H and O–H groups in total. The summed E-state index contributed by atoms with van der Waals surface area (Å²) in [5.41, 5.74) is 0.0284. The Labute approximate surface area is 151 Å². The molecule has 0 bridgehead atoms. The number of pyridine rings is 1. The van der Waals surface area contributed by atoms with Crippen LogP contribution in [0, 0.1) is 10.1 Å². The van der Waals surface area contributed by atoms with Gasteiger partial charge in [-0.3, -0.25) is 10.1 Å². The van der Waals surface area contributed by atoms with Gasteiger partial charge >= 0.3 is 5.69 Å². The van der Waals surface area contributed by atoms with E-state index in [1.807, 2.05) is 28.0 Å². The van der Waals surface area contributed by atoms with Crippen molar-refractivity contribution in [3.05, 3.63) is 40.8 Å². The molecular weight excluding hydrogens is 334 g/mol. The number of piperazine rings is 1. The van der Waals surface area contributed by atoms with E-state index in [1.54, 1.807) is 6.20 Å². The maximum Gasteiger partial charge on any atom is 0.353 e. The molecule has 0 amide bonds. The van der Waals surface area contributed by atoms with Gasteiger partial charge in [-0.2, -0.15) is 0 Å². The van der Waals surface area contributed by atoms with Gasteiger partial charge in [0.25, 0.3) is 0 Å². The summed E-state index contributed by atoms with van der Waals surface area (Å²) in [6, 6.07) is 5.84. The fourth-order valence-corrected chi connectivity index (χ4v) is 3.60. The van der Waals surface area contributed by atoms with Gasteiger partial charge in [-0.25, -0.2) is 15.0 Å². The molecule has 4 rings (SSSR count). The first-order valence-electron chi connectivity index (χ1n) is 8.89. The third kappa shape index (κ3) is 3.12. The zero-order valence-electron chi connectivity index (χ0n) is 14.5. The van der Waals surface area contributed by atoms with Crippen molar-refractivity contribution in [1.82, 2.24) is 15.0 Å². The molecule has 2 aliphatic heterocycles. The molecule has 9 nitrogen and oxygen atoms in total. The van der Waals surface area contributed by atoms with Crippen molar-refractivity contribution in [2.24, 2.45) is 0 Å². The molecule has 0 aliphatic carbocycles. The van der Waals surface area contributed by atoms with Crippen LogP contribution in [0.25, 0.3) is 0 Å². The average Bonchev–Trinajstić information content (AvgIpc) is 3.23. The second-order valence-electron chi connectivity index (χ2n) is 6.48. The minimum Gasteiger partial charge on any atom is -0.353 e. The van der Waals surface area contributed by atoms with Gasteiger partial charge in [-0.15, -0.1) is 0 Å². The molecule has 26 heavy (non-hydrogen) atoms. The number of anilines is 3. The number of hydrogen-bond donors (Lipinski definition) is 0. The molecule has 136 valence electrons. The van der Waals surface area contributed by atoms with E-state index in [0.717, 1.165) is 44.8 Å². The monoisotopic (exact) mass is 355 g/mol. The van der Waals surface area contributed by atoms with Crippen molar-refractivity contribution in [3.63, 3.8) is 0 Å². The highest BCUT2D eigenvalue weighted by Crippen LogP contribution is 2.36. The molecular formula is C17H21N7O2. The zero-order valence-corrected chi connectivity index (χ0v) is 14.5. The van der Waals surface area contributed by atoms with Crippen molar-refractivity contribution >= 4 is 23.1 Å². The Balaban J connectivity index is 1.56. The summed E-state index contributed by atoms with van der Waals surface area (Å²) < 4.78 is 0. The van der Waals surface area contributed by atoms with Crippen LogP contribution < -0.4 is 14.7 Å². The van der Waals surface area contributed by atoms with Gasteiger partial charge in [0.1, 0.15) is 12.1 Å². The minimum atomic E-state index is -0.339. The molecule has 9 heteroatoms. The topological polar surface area (TPSA) is 91.5 Å². The van der Waals surface area contributed by atoms with Crippen molar-refractivity contribution in [3.8, 4) is 0 Å². The predicted octanol–water partition coefficient (Wildman–Crippen LogP) is 1.71. The Hall–Kier alpha value is -2.97. The van der Waals surface area contributed by atoms with Gasteiger partial charge in [0.15, 0.2) is 0 Å². The van der Waals surface area contributed by atoms with Gasteiger partial charge in [0, 0.05) is 45.5 Å². The van der Waals surface area contributed by atoms with Crippen LogP contribution in [0.15, 0.2) is 30.7 Å². The van der Waals surface area contributed by atoms with Crippen molar-refractivity contribution < 1.29 is 4.92 Å². The lowest BCUT2D eigenvalue weighted by Crippen LogP contribution is -2.47. The second kappa shape index (κ2) is 7.11. The second-order valence-corrected chi connectivity index (χ2v) is 6.48. The first-order chi connectivity index (χ1) is 12.7. The van der Waals surface area contributed by atoms with Crippen molar-refractivity contribution in [1.29, 1.82) is 0 Å². The molecule has 0 spiro atoms. The summed E-state index contributed by atoms with van der Waals surface area (Å²) in [6.07, 6.45) is 5.30. The molecule has 2 aromatic heterocycles. The van der Waals surface area contributed by atoms with Gasteiger partial charge in [0.2, 0.25) is 11.6 Å². The molecule has 4 heterocycles. The SMILES string of the molecule is O=[N+]([O-])c1c(N2CCCC2)ncnc1N1CCN(c2ccccn2)CC1. The lowest BCUT2D eigenvalue weighted by molar-refractivity contribution is -0.383. The van der Waals surface area contributed by atoms with Crippen LogP contribution in [0.2, 0.25) is 0 Å². The van der Waals surface area contributed by atoms with Crippen molar-refractivity contribution in [2.75, 3.05) is 54.0 Å². The third-order valence-electron chi connectivity index (χ3n) is 4.92. The summed E-state index contributed by atoms with van der Waals surface area (Å²) in [4.78, 5) is 30.5. The normalized spacial score (nSPS) is 17.6. The van der Waals surface area contributed by atoms with Gasteiger partial charge < -0.3 is 14.7 Å². The molecule has 0 radical (unpaired) electrons. The Bertz CT molecular complexity index is 772. The molecule has 0 unspecified atom stereocenters. The average molecular weight is 355 g/mol. The molecule has 2 saturated heterocycles.